The van der Waals surface area contributed by atoms with Gasteiger partial charge >= 0.3 is 0 Å². The Hall–Kier alpha value is -1.91. The number of aryl methyl sites for hydroxylation is 1. The van der Waals surface area contributed by atoms with Gasteiger partial charge in [0.05, 0.1) is 5.56 Å². The molecule has 0 radical (unpaired) electrons. The first-order valence-electron chi connectivity index (χ1n) is 6.16. The number of nitrogens with two attached hydrogens (primary N) is 1. The van der Waals surface area contributed by atoms with Crippen molar-refractivity contribution < 1.29 is 9.94 Å². The van der Waals surface area contributed by atoms with Crippen LogP contribution in [0.1, 0.15) is 16.7 Å². The molecule has 4 nitrogen and oxygen atoms in total. The number of amidine groups is 1. The first-order valence-corrected chi connectivity index (χ1v) is 6.92. The summed E-state index contributed by atoms with van der Waals surface area (Å²) in [5.41, 5.74) is 7.99. The molecule has 0 bridgehead atoms. The average molecular weight is 325 g/mol. The molecule has 0 atom stereocenters. The highest BCUT2D eigenvalue weighted by Gasteiger charge is 2.10. The Bertz CT molecular complexity index is 687. The predicted molar refractivity (Wildman–Crippen MR) is 84.5 cm³/mol. The van der Waals surface area contributed by atoms with Gasteiger partial charge in [0.15, 0.2) is 5.84 Å². The Morgan fingerprint density at radius 1 is 1.24 bits per heavy atom. The number of rotatable bonds is 4. The summed E-state index contributed by atoms with van der Waals surface area (Å²) >= 11 is 12.1. The zero-order chi connectivity index (χ0) is 15.4. The van der Waals surface area contributed by atoms with Crippen molar-refractivity contribution in [3.63, 3.8) is 0 Å². The summed E-state index contributed by atoms with van der Waals surface area (Å²) in [4.78, 5) is 0. The summed E-state index contributed by atoms with van der Waals surface area (Å²) in [7, 11) is 0. The van der Waals surface area contributed by atoms with Crippen molar-refractivity contribution in [1.29, 1.82) is 0 Å². The largest absolute Gasteiger partial charge is 0.488 e. The van der Waals surface area contributed by atoms with Gasteiger partial charge in [0.1, 0.15) is 12.4 Å². The number of benzene rings is 2. The van der Waals surface area contributed by atoms with E-state index < -0.39 is 0 Å². The lowest BCUT2D eigenvalue weighted by molar-refractivity contribution is 0.303. The molecule has 0 unspecified atom stereocenters. The molecule has 0 aliphatic rings. The second-order valence-corrected chi connectivity index (χ2v) is 5.35. The van der Waals surface area contributed by atoms with Crippen LogP contribution in [-0.4, -0.2) is 11.0 Å². The third-order valence-corrected chi connectivity index (χ3v) is 3.51. The number of halogens is 2. The van der Waals surface area contributed by atoms with Crippen molar-refractivity contribution in [2.45, 2.75) is 13.5 Å². The summed E-state index contributed by atoms with van der Waals surface area (Å²) in [6.07, 6.45) is 0. The average Bonchev–Trinajstić information content (AvgIpc) is 2.45. The van der Waals surface area contributed by atoms with Crippen molar-refractivity contribution in [3.8, 4) is 5.75 Å². The Kier molecular flexibility index (Phi) is 4.94. The quantitative estimate of drug-likeness (QED) is 0.387. The Morgan fingerprint density at radius 3 is 2.67 bits per heavy atom. The molecule has 2 aromatic carbocycles. The van der Waals surface area contributed by atoms with Crippen LogP contribution in [0.25, 0.3) is 0 Å². The van der Waals surface area contributed by atoms with Crippen molar-refractivity contribution in [3.05, 3.63) is 63.1 Å². The van der Waals surface area contributed by atoms with E-state index >= 15 is 0 Å². The molecule has 0 aliphatic carbocycles. The third-order valence-electron chi connectivity index (χ3n) is 2.92. The lowest BCUT2D eigenvalue weighted by Gasteiger charge is -2.12. The van der Waals surface area contributed by atoms with Gasteiger partial charge in [-0.2, -0.15) is 0 Å². The number of oxime groups is 1. The van der Waals surface area contributed by atoms with E-state index in [-0.39, 0.29) is 12.4 Å². The van der Waals surface area contributed by atoms with E-state index in [0.717, 1.165) is 11.1 Å². The first kappa shape index (κ1) is 15.5. The van der Waals surface area contributed by atoms with Crippen LogP contribution < -0.4 is 10.5 Å². The molecule has 2 aromatic rings. The normalized spacial score (nSPS) is 11.5. The van der Waals surface area contributed by atoms with E-state index in [1.165, 1.54) is 0 Å². The van der Waals surface area contributed by atoms with E-state index in [2.05, 4.69) is 5.16 Å². The first-order chi connectivity index (χ1) is 10.0. The number of hydrogen-bond donors (Lipinski definition) is 2. The summed E-state index contributed by atoms with van der Waals surface area (Å²) < 4.78 is 5.71. The summed E-state index contributed by atoms with van der Waals surface area (Å²) in [5.74, 6) is 0.381. The highest BCUT2D eigenvalue weighted by Crippen LogP contribution is 2.26. The second kappa shape index (κ2) is 6.70. The molecule has 3 N–H and O–H groups in total. The van der Waals surface area contributed by atoms with Gasteiger partial charge in [-0.1, -0.05) is 40.5 Å². The molecule has 21 heavy (non-hydrogen) atoms. The van der Waals surface area contributed by atoms with Crippen LogP contribution in [0.5, 0.6) is 5.75 Å². The zero-order valence-corrected chi connectivity index (χ0v) is 12.8. The molecule has 0 spiro atoms. The SMILES string of the molecule is Cc1ccc(COc2cc(Cl)ccc2/C(N)=N/O)c(Cl)c1. The maximum atomic E-state index is 8.80. The van der Waals surface area contributed by atoms with Crippen LogP contribution in [0.2, 0.25) is 10.0 Å². The molecule has 0 saturated heterocycles. The maximum absolute atomic E-state index is 8.80. The molecular weight excluding hydrogens is 311 g/mol. The second-order valence-electron chi connectivity index (χ2n) is 4.51. The topological polar surface area (TPSA) is 67.8 Å². The van der Waals surface area contributed by atoms with Gasteiger partial charge in [-0.15, -0.1) is 0 Å². The highest BCUT2D eigenvalue weighted by atomic mass is 35.5. The van der Waals surface area contributed by atoms with Crippen molar-refractivity contribution >= 4 is 29.0 Å². The summed E-state index contributed by atoms with van der Waals surface area (Å²) in [6.45, 7) is 2.22. The number of ether oxygens (including phenoxy) is 1. The molecular formula is C15H14Cl2N2O2. The van der Waals surface area contributed by atoms with Gasteiger partial charge in [0.2, 0.25) is 0 Å². The lowest BCUT2D eigenvalue weighted by Crippen LogP contribution is -2.14. The summed E-state index contributed by atoms with van der Waals surface area (Å²) in [6, 6.07) is 10.6. The Labute approximate surface area is 132 Å². The molecule has 0 heterocycles. The maximum Gasteiger partial charge on any atom is 0.173 e. The molecule has 110 valence electrons. The molecule has 0 fully saturated rings. The molecule has 0 amide bonds. The minimum Gasteiger partial charge on any atom is -0.488 e. The fourth-order valence-electron chi connectivity index (χ4n) is 1.81. The smallest absolute Gasteiger partial charge is 0.173 e. The van der Waals surface area contributed by atoms with Gasteiger partial charge < -0.3 is 15.7 Å². The summed E-state index contributed by atoms with van der Waals surface area (Å²) in [5, 5.41) is 12.9. The fourth-order valence-corrected chi connectivity index (χ4v) is 2.26. The zero-order valence-electron chi connectivity index (χ0n) is 11.3. The van der Waals surface area contributed by atoms with Crippen LogP contribution in [0.15, 0.2) is 41.6 Å². The van der Waals surface area contributed by atoms with Crippen LogP contribution in [0.3, 0.4) is 0 Å². The van der Waals surface area contributed by atoms with Crippen LogP contribution in [0.4, 0.5) is 0 Å². The van der Waals surface area contributed by atoms with E-state index in [0.29, 0.717) is 21.4 Å². The Balaban J connectivity index is 2.25. The van der Waals surface area contributed by atoms with E-state index in [9.17, 15) is 0 Å². The highest BCUT2D eigenvalue weighted by molar-refractivity contribution is 6.31. The molecule has 0 aromatic heterocycles. The Morgan fingerprint density at radius 2 is 2.00 bits per heavy atom. The van der Waals surface area contributed by atoms with E-state index in [1.807, 2.05) is 25.1 Å². The van der Waals surface area contributed by atoms with Gasteiger partial charge in [-0.3, -0.25) is 0 Å². The van der Waals surface area contributed by atoms with Gasteiger partial charge in [0.25, 0.3) is 0 Å². The van der Waals surface area contributed by atoms with Gasteiger partial charge in [-0.05, 0) is 36.8 Å². The third kappa shape index (κ3) is 3.80. The lowest BCUT2D eigenvalue weighted by atomic mass is 10.1. The molecule has 2 rings (SSSR count). The predicted octanol–water partition coefficient (Wildman–Crippen LogP) is 3.98. The monoisotopic (exact) mass is 324 g/mol. The minimum absolute atomic E-state index is 0.0448. The van der Waals surface area contributed by atoms with Crippen LogP contribution >= 0.6 is 23.2 Å². The van der Waals surface area contributed by atoms with Crippen molar-refractivity contribution in [2.75, 3.05) is 0 Å². The number of hydrogen-bond acceptors (Lipinski definition) is 3. The van der Waals surface area contributed by atoms with Crippen molar-refractivity contribution in [1.82, 2.24) is 0 Å². The van der Waals surface area contributed by atoms with E-state index in [4.69, 9.17) is 38.9 Å². The van der Waals surface area contributed by atoms with Gasteiger partial charge in [0, 0.05) is 15.6 Å². The standard InChI is InChI=1S/C15H14Cl2N2O2/c1-9-2-3-10(13(17)6-9)8-21-14-7-11(16)4-5-12(14)15(18)19-20/h2-7,20H,8H2,1H3,(H2,18,19). The van der Waals surface area contributed by atoms with Crippen LogP contribution in [0, 0.1) is 6.92 Å². The number of nitrogens with zero attached hydrogens (tertiary/aromatic N) is 1. The van der Waals surface area contributed by atoms with Crippen molar-refractivity contribution in [2.24, 2.45) is 10.9 Å². The molecule has 0 aliphatic heterocycles. The fraction of sp³-hybridized carbons (Fsp3) is 0.133. The molecule has 0 saturated carbocycles. The van der Waals surface area contributed by atoms with Gasteiger partial charge in [-0.25, -0.2) is 0 Å². The van der Waals surface area contributed by atoms with Crippen LogP contribution in [-0.2, 0) is 6.61 Å². The van der Waals surface area contributed by atoms with E-state index in [1.54, 1.807) is 18.2 Å². The molecule has 6 heteroatoms. The minimum atomic E-state index is -0.0448.